The minimum absolute atomic E-state index is 0.0162. The van der Waals surface area contributed by atoms with Crippen molar-refractivity contribution in [1.29, 1.82) is 0 Å². The molecule has 0 radical (unpaired) electrons. The summed E-state index contributed by atoms with van der Waals surface area (Å²) in [5.74, 6) is 2.42. The number of hydrogen-bond acceptors (Lipinski definition) is 5. The second-order valence-electron chi connectivity index (χ2n) is 7.28. The van der Waals surface area contributed by atoms with Crippen molar-refractivity contribution in [3.05, 3.63) is 52.2 Å². The lowest BCUT2D eigenvalue weighted by molar-refractivity contribution is 0.129. The van der Waals surface area contributed by atoms with Crippen molar-refractivity contribution in [2.45, 2.75) is 46.4 Å². The third kappa shape index (κ3) is 3.54. The SMILES string of the molecule is CCCn1c2nc(COCC)nc-2c2n(c1=O)CC(Cc1ccccc1)CN2. The van der Waals surface area contributed by atoms with E-state index in [2.05, 4.69) is 46.5 Å². The number of nitrogens with zero attached hydrogens (tertiary/aromatic N) is 4. The molecule has 0 aromatic heterocycles. The van der Waals surface area contributed by atoms with Gasteiger partial charge in [-0.2, -0.15) is 0 Å². The van der Waals surface area contributed by atoms with Crippen LogP contribution >= 0.6 is 0 Å². The Kier molecular flexibility index (Phi) is 5.43. The molecule has 0 saturated carbocycles. The number of hydrogen-bond donors (Lipinski definition) is 1. The first-order chi connectivity index (χ1) is 13.7. The van der Waals surface area contributed by atoms with E-state index in [1.807, 2.05) is 17.6 Å². The second-order valence-corrected chi connectivity index (χ2v) is 7.28. The molecule has 3 aliphatic heterocycles. The fraction of sp³-hybridized carbons (Fsp3) is 0.476. The van der Waals surface area contributed by atoms with E-state index >= 15 is 0 Å². The summed E-state index contributed by atoms with van der Waals surface area (Å²) in [5, 5.41) is 3.46. The maximum atomic E-state index is 13.2. The molecule has 1 unspecified atom stereocenters. The van der Waals surface area contributed by atoms with Crippen molar-refractivity contribution in [3.63, 3.8) is 0 Å². The van der Waals surface area contributed by atoms with Gasteiger partial charge in [0.1, 0.15) is 18.1 Å². The largest absolute Gasteiger partial charge is 0.374 e. The van der Waals surface area contributed by atoms with Crippen LogP contribution in [0.5, 0.6) is 0 Å². The van der Waals surface area contributed by atoms with E-state index in [1.165, 1.54) is 5.56 Å². The van der Waals surface area contributed by atoms with Gasteiger partial charge < -0.3 is 10.1 Å². The minimum Gasteiger partial charge on any atom is -0.374 e. The van der Waals surface area contributed by atoms with Crippen molar-refractivity contribution in [2.75, 3.05) is 18.5 Å². The van der Waals surface area contributed by atoms with Gasteiger partial charge in [0.2, 0.25) is 0 Å². The van der Waals surface area contributed by atoms with Gasteiger partial charge >= 0.3 is 5.69 Å². The molecule has 28 heavy (non-hydrogen) atoms. The third-order valence-electron chi connectivity index (χ3n) is 5.15. The zero-order chi connectivity index (χ0) is 19.5. The average Bonchev–Trinajstić information content (AvgIpc) is 3.14. The number of nitrogens with one attached hydrogen (secondary N) is 1. The molecule has 3 aliphatic rings. The van der Waals surface area contributed by atoms with Crippen molar-refractivity contribution in [1.82, 2.24) is 19.1 Å². The van der Waals surface area contributed by atoms with Gasteiger partial charge in [-0.15, -0.1) is 0 Å². The van der Waals surface area contributed by atoms with Crippen molar-refractivity contribution in [3.8, 4) is 11.5 Å². The molecule has 7 heteroatoms. The normalized spacial score (nSPS) is 16.1. The molecule has 1 atom stereocenters. The summed E-state index contributed by atoms with van der Waals surface area (Å²) in [6.45, 7) is 7.11. The molecule has 0 spiro atoms. The van der Waals surface area contributed by atoms with Crippen LogP contribution in [-0.4, -0.2) is 32.3 Å². The first kappa shape index (κ1) is 18.7. The van der Waals surface area contributed by atoms with E-state index in [9.17, 15) is 4.79 Å². The number of benzene rings is 1. The van der Waals surface area contributed by atoms with Crippen LogP contribution in [-0.2, 0) is 30.9 Å². The fourth-order valence-electron chi connectivity index (χ4n) is 3.87. The van der Waals surface area contributed by atoms with Gasteiger partial charge in [-0.25, -0.2) is 14.8 Å². The van der Waals surface area contributed by atoms with E-state index in [1.54, 1.807) is 4.57 Å². The van der Waals surface area contributed by atoms with Crippen LogP contribution in [0.1, 0.15) is 31.7 Å². The third-order valence-corrected chi connectivity index (χ3v) is 5.15. The molecule has 148 valence electrons. The lowest BCUT2D eigenvalue weighted by atomic mass is 9.97. The second kappa shape index (κ2) is 8.14. The van der Waals surface area contributed by atoms with Crippen LogP contribution in [0, 0.1) is 5.92 Å². The Morgan fingerprint density at radius 1 is 1.21 bits per heavy atom. The Hall–Kier alpha value is -2.67. The fourth-order valence-corrected chi connectivity index (χ4v) is 3.87. The van der Waals surface area contributed by atoms with E-state index in [-0.39, 0.29) is 5.69 Å². The van der Waals surface area contributed by atoms with Crippen LogP contribution in [0.3, 0.4) is 0 Å². The van der Waals surface area contributed by atoms with E-state index < -0.39 is 0 Å². The number of anilines is 1. The molecular formula is C21H27N5O2. The van der Waals surface area contributed by atoms with Crippen LogP contribution in [0.4, 0.5) is 5.82 Å². The Labute approximate surface area is 164 Å². The Bertz CT molecular complexity index is 963. The molecule has 0 saturated heterocycles. The van der Waals surface area contributed by atoms with E-state index in [0.717, 1.165) is 30.9 Å². The summed E-state index contributed by atoms with van der Waals surface area (Å²) in [5.41, 5.74) is 2.04. The standard InChI is InChI=1S/C21H27N5O2/c1-3-10-25-20-18(23-17(24-20)14-28-4-2)19-22-12-16(13-26(19)21(25)27)11-15-8-6-5-7-9-15/h5-9,16,22H,3-4,10-14H2,1-2H3. The Morgan fingerprint density at radius 2 is 2.04 bits per heavy atom. The molecule has 1 aromatic carbocycles. The summed E-state index contributed by atoms with van der Waals surface area (Å²) < 4.78 is 9.07. The topological polar surface area (TPSA) is 74.0 Å². The molecule has 1 aromatic rings. The molecule has 1 N–H and O–H groups in total. The molecule has 4 rings (SSSR count). The van der Waals surface area contributed by atoms with Gasteiger partial charge in [-0.05, 0) is 31.2 Å². The lowest BCUT2D eigenvalue weighted by Gasteiger charge is -2.29. The van der Waals surface area contributed by atoms with Gasteiger partial charge in [0.15, 0.2) is 11.6 Å². The number of ether oxygens (including phenoxy) is 1. The van der Waals surface area contributed by atoms with E-state index in [4.69, 9.17) is 4.74 Å². The smallest absolute Gasteiger partial charge is 0.331 e. The predicted octanol–water partition coefficient (Wildman–Crippen LogP) is 2.78. The van der Waals surface area contributed by atoms with E-state index in [0.29, 0.717) is 43.9 Å². The highest BCUT2D eigenvalue weighted by Gasteiger charge is 2.29. The molecule has 0 amide bonds. The number of rotatable bonds is 7. The Balaban J connectivity index is 1.71. The van der Waals surface area contributed by atoms with Crippen LogP contribution in [0.2, 0.25) is 0 Å². The average molecular weight is 381 g/mol. The molecule has 0 aliphatic carbocycles. The number of fused-ring (bicyclic) bond motifs is 3. The van der Waals surface area contributed by atoms with Crippen LogP contribution in [0.25, 0.3) is 11.5 Å². The highest BCUT2D eigenvalue weighted by molar-refractivity contribution is 5.68. The highest BCUT2D eigenvalue weighted by atomic mass is 16.5. The van der Waals surface area contributed by atoms with Crippen LogP contribution in [0.15, 0.2) is 35.1 Å². The van der Waals surface area contributed by atoms with Crippen molar-refractivity contribution in [2.24, 2.45) is 5.92 Å². The summed E-state index contributed by atoms with van der Waals surface area (Å²) in [6, 6.07) is 10.4. The summed E-state index contributed by atoms with van der Waals surface area (Å²) >= 11 is 0. The number of aromatic nitrogens is 4. The summed E-state index contributed by atoms with van der Waals surface area (Å²) in [4.78, 5) is 22.5. The zero-order valence-electron chi connectivity index (χ0n) is 16.5. The van der Waals surface area contributed by atoms with Gasteiger partial charge in [-0.3, -0.25) is 9.13 Å². The van der Waals surface area contributed by atoms with Gasteiger partial charge in [0, 0.05) is 26.2 Å². The first-order valence-electron chi connectivity index (χ1n) is 10.1. The molecule has 0 bridgehead atoms. The molecule has 7 nitrogen and oxygen atoms in total. The van der Waals surface area contributed by atoms with Gasteiger partial charge in [0.25, 0.3) is 0 Å². The van der Waals surface area contributed by atoms with Gasteiger partial charge in [-0.1, -0.05) is 37.3 Å². The van der Waals surface area contributed by atoms with Crippen LogP contribution < -0.4 is 11.0 Å². The molecule has 3 heterocycles. The molecule has 0 fully saturated rings. The monoisotopic (exact) mass is 381 g/mol. The maximum absolute atomic E-state index is 13.2. The molecular weight excluding hydrogens is 354 g/mol. The maximum Gasteiger partial charge on any atom is 0.331 e. The first-order valence-corrected chi connectivity index (χ1v) is 10.1. The van der Waals surface area contributed by atoms with Crippen molar-refractivity contribution >= 4 is 5.82 Å². The lowest BCUT2D eigenvalue weighted by Crippen LogP contribution is -2.41. The van der Waals surface area contributed by atoms with Gasteiger partial charge in [0.05, 0.1) is 0 Å². The zero-order valence-corrected chi connectivity index (χ0v) is 16.5. The number of imidazole rings is 1. The summed E-state index contributed by atoms with van der Waals surface area (Å²) in [6.07, 6.45) is 1.80. The highest BCUT2D eigenvalue weighted by Crippen LogP contribution is 2.30. The van der Waals surface area contributed by atoms with Crippen molar-refractivity contribution < 1.29 is 4.74 Å². The Morgan fingerprint density at radius 3 is 2.79 bits per heavy atom. The minimum atomic E-state index is -0.0162. The predicted molar refractivity (Wildman–Crippen MR) is 109 cm³/mol. The quantitative estimate of drug-likeness (QED) is 0.681. The summed E-state index contributed by atoms with van der Waals surface area (Å²) in [7, 11) is 0.